The second-order valence-corrected chi connectivity index (χ2v) is 5.32. The predicted molar refractivity (Wildman–Crippen MR) is 85.9 cm³/mol. The van der Waals surface area contributed by atoms with E-state index in [9.17, 15) is 4.79 Å². The lowest BCUT2D eigenvalue weighted by molar-refractivity contribution is -0.509. The summed E-state index contributed by atoms with van der Waals surface area (Å²) in [6, 6.07) is 18.3. The third kappa shape index (κ3) is 1.99. The van der Waals surface area contributed by atoms with Gasteiger partial charge in [0.25, 0.3) is 0 Å². The average Bonchev–Trinajstić information content (AvgIpc) is 2.53. The van der Waals surface area contributed by atoms with Gasteiger partial charge in [-0.25, -0.2) is 0 Å². The maximum Gasteiger partial charge on any atom is 0.308 e. The largest absolute Gasteiger partial charge is 0.426 e. The number of rotatable bonds is 1. The van der Waals surface area contributed by atoms with Crippen LogP contribution in [0.25, 0.3) is 27.1 Å². The number of nitrogens with zero attached hydrogens (tertiary/aromatic N) is 1. The van der Waals surface area contributed by atoms with Gasteiger partial charge < -0.3 is 4.74 Å². The van der Waals surface area contributed by atoms with Crippen molar-refractivity contribution < 1.29 is 13.9 Å². The normalized spacial score (nSPS) is 11.1. The van der Waals surface area contributed by atoms with Crippen LogP contribution < -0.4 is 9.14 Å². The van der Waals surface area contributed by atoms with Gasteiger partial charge in [0, 0.05) is 19.1 Å². The van der Waals surface area contributed by atoms with E-state index >= 15 is 0 Å². The fourth-order valence-electron chi connectivity index (χ4n) is 2.88. The number of carbonyl (C=O) groups is 1. The fraction of sp³-hybridized carbons (Fsp3) is 0.0526. The van der Waals surface area contributed by atoms with Gasteiger partial charge >= 0.3 is 5.97 Å². The highest BCUT2D eigenvalue weighted by atomic mass is 16.5. The number of fused-ring (bicyclic) bond motifs is 4. The van der Waals surface area contributed by atoms with Crippen LogP contribution in [-0.4, -0.2) is 5.97 Å². The number of aromatic nitrogens is 1. The van der Waals surface area contributed by atoms with E-state index < -0.39 is 0 Å². The Labute approximate surface area is 127 Å². The molecule has 0 fully saturated rings. The third-order valence-corrected chi connectivity index (χ3v) is 3.84. The minimum absolute atomic E-state index is 0.309. The van der Waals surface area contributed by atoms with Gasteiger partial charge in [0.15, 0.2) is 12.4 Å². The summed E-state index contributed by atoms with van der Waals surface area (Å²) in [4.78, 5) is 11.3. The molecular weight excluding hydrogens is 274 g/mol. The third-order valence-electron chi connectivity index (χ3n) is 3.84. The lowest BCUT2D eigenvalue weighted by atomic mass is 10.1. The molecule has 0 radical (unpaired) electrons. The SMILES string of the molecule is CC(=O)Oc1cccc2cc3c4ccccc4cc[n+]3cc12. The second kappa shape index (κ2) is 4.81. The van der Waals surface area contributed by atoms with Crippen LogP contribution in [0.3, 0.4) is 0 Å². The Morgan fingerprint density at radius 1 is 0.955 bits per heavy atom. The summed E-state index contributed by atoms with van der Waals surface area (Å²) in [6.07, 6.45) is 4.04. The number of esters is 1. The molecule has 0 unspecified atom stereocenters. The molecule has 0 atom stereocenters. The molecule has 2 aromatic heterocycles. The Balaban J connectivity index is 2.09. The predicted octanol–water partition coefficient (Wildman–Crippen LogP) is 3.66. The molecule has 22 heavy (non-hydrogen) atoms. The van der Waals surface area contributed by atoms with E-state index in [4.69, 9.17) is 4.74 Å². The average molecular weight is 288 g/mol. The lowest BCUT2D eigenvalue weighted by Gasteiger charge is -2.05. The van der Waals surface area contributed by atoms with Crippen molar-refractivity contribution in [3.63, 3.8) is 0 Å². The first-order valence-corrected chi connectivity index (χ1v) is 7.16. The van der Waals surface area contributed by atoms with Crippen molar-refractivity contribution in [2.45, 2.75) is 6.92 Å². The zero-order valence-corrected chi connectivity index (χ0v) is 12.1. The summed E-state index contributed by atoms with van der Waals surface area (Å²) in [5.74, 6) is 0.281. The number of hydrogen-bond acceptors (Lipinski definition) is 2. The molecule has 0 saturated carbocycles. The minimum Gasteiger partial charge on any atom is -0.426 e. The molecule has 0 aliphatic rings. The van der Waals surface area contributed by atoms with E-state index in [-0.39, 0.29) is 5.97 Å². The van der Waals surface area contributed by atoms with E-state index in [0.29, 0.717) is 5.75 Å². The Kier molecular flexibility index (Phi) is 2.79. The summed E-state index contributed by atoms with van der Waals surface area (Å²) in [7, 11) is 0. The molecular formula is C19H14NO2+. The topological polar surface area (TPSA) is 30.4 Å². The first kappa shape index (κ1) is 12.8. The van der Waals surface area contributed by atoms with E-state index in [2.05, 4.69) is 28.7 Å². The van der Waals surface area contributed by atoms with Gasteiger partial charge in [-0.15, -0.1) is 0 Å². The summed E-state index contributed by atoms with van der Waals surface area (Å²) in [5, 5.41) is 4.38. The van der Waals surface area contributed by atoms with Crippen molar-refractivity contribution >= 4 is 33.0 Å². The van der Waals surface area contributed by atoms with Crippen LogP contribution in [0.4, 0.5) is 0 Å². The number of benzene rings is 2. The Hall–Kier alpha value is -2.94. The Morgan fingerprint density at radius 2 is 1.77 bits per heavy atom. The van der Waals surface area contributed by atoms with E-state index in [1.165, 1.54) is 17.7 Å². The van der Waals surface area contributed by atoms with Crippen molar-refractivity contribution in [2.75, 3.05) is 0 Å². The van der Waals surface area contributed by atoms with Crippen LogP contribution in [0.15, 0.2) is 67.0 Å². The molecule has 2 aromatic carbocycles. The van der Waals surface area contributed by atoms with Crippen molar-refractivity contribution in [1.82, 2.24) is 0 Å². The Bertz CT molecular complexity index is 1040. The second-order valence-electron chi connectivity index (χ2n) is 5.32. The summed E-state index contributed by atoms with van der Waals surface area (Å²) in [5.41, 5.74) is 1.13. The summed E-state index contributed by atoms with van der Waals surface area (Å²) >= 11 is 0. The van der Waals surface area contributed by atoms with Crippen molar-refractivity contribution in [3.8, 4) is 5.75 Å². The summed E-state index contributed by atoms with van der Waals surface area (Å²) in [6.45, 7) is 1.42. The van der Waals surface area contributed by atoms with Crippen LogP contribution in [0.5, 0.6) is 5.75 Å². The molecule has 4 aromatic rings. The zero-order chi connectivity index (χ0) is 15.1. The monoisotopic (exact) mass is 288 g/mol. The number of ether oxygens (including phenoxy) is 1. The highest BCUT2D eigenvalue weighted by molar-refractivity contribution is 5.98. The molecule has 0 bridgehead atoms. The highest BCUT2D eigenvalue weighted by Crippen LogP contribution is 2.27. The van der Waals surface area contributed by atoms with E-state index in [1.54, 1.807) is 0 Å². The quantitative estimate of drug-likeness (QED) is 0.176. The summed E-state index contributed by atoms with van der Waals surface area (Å²) < 4.78 is 7.38. The van der Waals surface area contributed by atoms with Crippen LogP contribution in [0.2, 0.25) is 0 Å². The minimum atomic E-state index is -0.309. The number of hydrogen-bond donors (Lipinski definition) is 0. The first-order valence-electron chi connectivity index (χ1n) is 7.16. The van der Waals surface area contributed by atoms with Gasteiger partial charge in [0.05, 0.1) is 10.8 Å². The van der Waals surface area contributed by atoms with E-state index in [1.807, 2.05) is 42.7 Å². The van der Waals surface area contributed by atoms with Crippen LogP contribution in [0, 0.1) is 0 Å². The molecule has 0 aliphatic carbocycles. The molecule has 0 spiro atoms. The first-order chi connectivity index (χ1) is 10.7. The molecule has 0 saturated heterocycles. The maximum absolute atomic E-state index is 11.3. The van der Waals surface area contributed by atoms with Crippen LogP contribution in [0.1, 0.15) is 6.92 Å². The smallest absolute Gasteiger partial charge is 0.308 e. The van der Waals surface area contributed by atoms with Gasteiger partial charge in [0.2, 0.25) is 5.52 Å². The maximum atomic E-state index is 11.3. The molecule has 0 aliphatic heterocycles. The highest BCUT2D eigenvalue weighted by Gasteiger charge is 2.13. The van der Waals surface area contributed by atoms with Gasteiger partial charge in [-0.1, -0.05) is 30.3 Å². The molecule has 3 heteroatoms. The van der Waals surface area contributed by atoms with Crippen LogP contribution >= 0.6 is 0 Å². The van der Waals surface area contributed by atoms with Gasteiger partial charge in [-0.3, -0.25) is 4.79 Å². The molecule has 4 rings (SSSR count). The van der Waals surface area contributed by atoms with Gasteiger partial charge in [-0.2, -0.15) is 4.40 Å². The van der Waals surface area contributed by atoms with Gasteiger partial charge in [-0.05, 0) is 22.9 Å². The van der Waals surface area contributed by atoms with Crippen molar-refractivity contribution in [3.05, 3.63) is 67.0 Å². The molecule has 0 N–H and O–H groups in total. The number of carbonyl (C=O) groups excluding carboxylic acids is 1. The van der Waals surface area contributed by atoms with Crippen molar-refractivity contribution in [2.24, 2.45) is 0 Å². The van der Waals surface area contributed by atoms with Crippen LogP contribution in [-0.2, 0) is 4.79 Å². The fourth-order valence-corrected chi connectivity index (χ4v) is 2.88. The lowest BCUT2D eigenvalue weighted by Crippen LogP contribution is -2.20. The molecule has 2 heterocycles. The zero-order valence-electron chi connectivity index (χ0n) is 12.1. The van der Waals surface area contributed by atoms with Gasteiger partial charge in [0.1, 0.15) is 5.75 Å². The molecule has 3 nitrogen and oxygen atoms in total. The van der Waals surface area contributed by atoms with Crippen molar-refractivity contribution in [1.29, 1.82) is 0 Å². The standard InChI is InChI=1S/C19H14NO2/c1-13(21)22-19-8-4-6-15-11-18-16-7-3-2-5-14(16)9-10-20(18)12-17(15)19/h2-12H,1H3/q+1. The Morgan fingerprint density at radius 3 is 2.64 bits per heavy atom. The van der Waals surface area contributed by atoms with E-state index in [0.717, 1.165) is 16.3 Å². The molecule has 106 valence electrons. The molecule has 0 amide bonds. The number of pyridine rings is 2.